The number of hydroxylamine groups is 3. The van der Waals surface area contributed by atoms with Crippen LogP contribution in [0.25, 0.3) is 22.3 Å². The van der Waals surface area contributed by atoms with E-state index >= 15 is 0 Å². The molecule has 1 aliphatic carbocycles. The summed E-state index contributed by atoms with van der Waals surface area (Å²) in [4.78, 5) is 19.8. The molecule has 1 N–H and O–H groups in total. The van der Waals surface area contributed by atoms with Gasteiger partial charge in [-0.05, 0) is 43.5 Å². The fraction of sp³-hybridized carbons (Fsp3) is 0.407. The molecular formula is C27H30F2N8O. The first kappa shape index (κ1) is 24.8. The van der Waals surface area contributed by atoms with E-state index in [0.29, 0.717) is 35.0 Å². The molecule has 11 heteroatoms. The molecule has 0 spiro atoms. The Labute approximate surface area is 219 Å². The Balaban J connectivity index is 1.24. The molecule has 1 aromatic carbocycles. The van der Waals surface area contributed by atoms with E-state index in [2.05, 4.69) is 25.2 Å². The lowest BCUT2D eigenvalue weighted by molar-refractivity contribution is -0.839. The molecule has 9 nitrogen and oxygen atoms in total. The molecule has 1 saturated carbocycles. The summed E-state index contributed by atoms with van der Waals surface area (Å²) in [7, 11) is 3.30. The van der Waals surface area contributed by atoms with Crippen LogP contribution < -0.4 is 5.32 Å². The van der Waals surface area contributed by atoms with Gasteiger partial charge < -0.3 is 19.7 Å². The van der Waals surface area contributed by atoms with Gasteiger partial charge in [0.05, 0.1) is 32.4 Å². The van der Waals surface area contributed by atoms with Crippen molar-refractivity contribution in [2.75, 3.05) is 39.0 Å². The van der Waals surface area contributed by atoms with Gasteiger partial charge >= 0.3 is 0 Å². The van der Waals surface area contributed by atoms with Crippen LogP contribution in [-0.2, 0) is 13.0 Å². The fourth-order valence-corrected chi connectivity index (χ4v) is 5.06. The van der Waals surface area contributed by atoms with Crippen molar-refractivity contribution in [1.29, 1.82) is 0 Å². The maximum Gasteiger partial charge on any atom is 0.229 e. The van der Waals surface area contributed by atoms with Crippen LogP contribution in [0.15, 0.2) is 30.5 Å². The summed E-state index contributed by atoms with van der Waals surface area (Å²) in [6.07, 6.45) is 3.90. The summed E-state index contributed by atoms with van der Waals surface area (Å²) in [5.74, 6) is 0.335. The molecule has 3 aromatic heterocycles. The Kier molecular flexibility index (Phi) is 6.09. The quantitative estimate of drug-likeness (QED) is 0.284. The van der Waals surface area contributed by atoms with Gasteiger partial charge in [0, 0.05) is 43.4 Å². The van der Waals surface area contributed by atoms with E-state index in [1.807, 2.05) is 23.6 Å². The number of fused-ring (bicyclic) bond motifs is 2. The second-order valence-electron chi connectivity index (χ2n) is 10.7. The molecule has 4 heterocycles. The lowest BCUT2D eigenvalue weighted by Crippen LogP contribution is -2.42. The number of aryl methyl sites for hydroxylation is 1. The monoisotopic (exact) mass is 520 g/mol. The Bertz CT molecular complexity index is 1530. The summed E-state index contributed by atoms with van der Waals surface area (Å²) >= 11 is 0. The van der Waals surface area contributed by atoms with Gasteiger partial charge in [0.1, 0.15) is 22.9 Å². The molecule has 38 heavy (non-hydrogen) atoms. The van der Waals surface area contributed by atoms with Crippen LogP contribution in [0.3, 0.4) is 0 Å². The number of nitrogens with zero attached hydrogens (tertiary/aromatic N) is 7. The van der Waals surface area contributed by atoms with E-state index in [-0.39, 0.29) is 16.3 Å². The zero-order valence-electron chi connectivity index (χ0n) is 21.7. The van der Waals surface area contributed by atoms with Crippen LogP contribution in [0.5, 0.6) is 0 Å². The average Bonchev–Trinajstić information content (AvgIpc) is 3.65. The molecule has 0 bridgehead atoms. The molecule has 4 aromatic rings. The highest BCUT2D eigenvalue weighted by atomic mass is 19.1. The SMILES string of the molecule is Cc1nc2c(F)cc(-c3nc(Nc4ccc5c(n4)CCN(CC[N+](C)(C)[O-])C5)ncc3F)cc2n1C1CC1. The number of nitrogens with one attached hydrogen (secondary N) is 1. The maximum absolute atomic E-state index is 15.0. The summed E-state index contributed by atoms with van der Waals surface area (Å²) in [6.45, 7) is 4.69. The normalized spacial score (nSPS) is 16.2. The van der Waals surface area contributed by atoms with Crippen LogP contribution in [0.4, 0.5) is 20.5 Å². The highest BCUT2D eigenvalue weighted by Crippen LogP contribution is 2.40. The standard InChI is InChI=1S/C27H30F2N8O/c1-16-31-26-20(28)12-18(13-23(26)36(16)19-5-6-19)25-21(29)14-30-27(34-25)33-24-7-4-17-15-35(9-8-22(17)32-24)10-11-37(2,3)38/h4,7,12-14,19H,5-6,8-11,15H2,1-3H3,(H,30,32,33,34). The Morgan fingerprint density at radius 1 is 1.11 bits per heavy atom. The van der Waals surface area contributed by atoms with Crippen molar-refractivity contribution in [3.63, 3.8) is 0 Å². The van der Waals surface area contributed by atoms with Gasteiger partial charge in [-0.25, -0.2) is 28.7 Å². The first-order chi connectivity index (χ1) is 18.1. The van der Waals surface area contributed by atoms with Crippen LogP contribution >= 0.6 is 0 Å². The highest BCUT2D eigenvalue weighted by Gasteiger charge is 2.28. The third-order valence-corrected chi connectivity index (χ3v) is 7.18. The minimum atomic E-state index is -0.637. The molecule has 0 unspecified atom stereocenters. The fourth-order valence-electron chi connectivity index (χ4n) is 5.06. The van der Waals surface area contributed by atoms with Crippen molar-refractivity contribution in [2.24, 2.45) is 0 Å². The second-order valence-corrected chi connectivity index (χ2v) is 10.7. The van der Waals surface area contributed by atoms with Crippen molar-refractivity contribution >= 4 is 22.8 Å². The van der Waals surface area contributed by atoms with Crippen molar-refractivity contribution in [2.45, 2.75) is 38.8 Å². The summed E-state index contributed by atoms with van der Waals surface area (Å²) in [5.41, 5.74) is 3.37. The zero-order chi connectivity index (χ0) is 26.6. The third-order valence-electron chi connectivity index (χ3n) is 7.18. The zero-order valence-corrected chi connectivity index (χ0v) is 21.7. The van der Waals surface area contributed by atoms with Crippen molar-refractivity contribution in [3.05, 3.63) is 64.4 Å². The number of imidazole rings is 1. The topological polar surface area (TPSA) is 94.8 Å². The average molecular weight is 521 g/mol. The van der Waals surface area contributed by atoms with Crippen molar-refractivity contribution < 1.29 is 13.4 Å². The molecule has 198 valence electrons. The number of aromatic nitrogens is 5. The van der Waals surface area contributed by atoms with E-state index in [1.54, 1.807) is 20.2 Å². The Morgan fingerprint density at radius 3 is 2.68 bits per heavy atom. The van der Waals surface area contributed by atoms with Gasteiger partial charge in [0.2, 0.25) is 5.95 Å². The lowest BCUT2D eigenvalue weighted by atomic mass is 10.1. The van der Waals surface area contributed by atoms with Crippen molar-refractivity contribution in [3.8, 4) is 11.3 Å². The van der Waals surface area contributed by atoms with E-state index in [9.17, 15) is 14.0 Å². The number of pyridine rings is 1. The largest absolute Gasteiger partial charge is 0.633 e. The number of halogens is 2. The van der Waals surface area contributed by atoms with Crippen LogP contribution in [0.1, 0.15) is 36.0 Å². The Hall–Kier alpha value is -3.54. The third kappa shape index (κ3) is 4.96. The van der Waals surface area contributed by atoms with Gasteiger partial charge in [-0.15, -0.1) is 0 Å². The number of hydrogen-bond acceptors (Lipinski definition) is 7. The van der Waals surface area contributed by atoms with Gasteiger partial charge in [0.15, 0.2) is 11.6 Å². The molecule has 2 aliphatic rings. The van der Waals surface area contributed by atoms with Crippen LogP contribution in [0, 0.1) is 23.8 Å². The van der Waals surface area contributed by atoms with Crippen LogP contribution in [-0.4, -0.2) is 67.8 Å². The minimum absolute atomic E-state index is 0.0119. The Morgan fingerprint density at radius 2 is 1.92 bits per heavy atom. The van der Waals surface area contributed by atoms with E-state index in [0.717, 1.165) is 62.2 Å². The van der Waals surface area contributed by atoms with E-state index in [1.165, 1.54) is 6.07 Å². The number of benzene rings is 1. The van der Waals surface area contributed by atoms with Gasteiger partial charge in [-0.2, -0.15) is 0 Å². The van der Waals surface area contributed by atoms with Gasteiger partial charge in [0.25, 0.3) is 0 Å². The number of quaternary nitrogens is 1. The van der Waals surface area contributed by atoms with Crippen molar-refractivity contribution in [1.82, 2.24) is 29.4 Å². The summed E-state index contributed by atoms with van der Waals surface area (Å²) in [6, 6.07) is 7.18. The molecule has 0 radical (unpaired) electrons. The first-order valence-electron chi connectivity index (χ1n) is 12.9. The smallest absolute Gasteiger partial charge is 0.229 e. The highest BCUT2D eigenvalue weighted by molar-refractivity contribution is 5.83. The minimum Gasteiger partial charge on any atom is -0.633 e. The molecule has 0 amide bonds. The maximum atomic E-state index is 15.0. The predicted molar refractivity (Wildman–Crippen MR) is 141 cm³/mol. The van der Waals surface area contributed by atoms with E-state index < -0.39 is 11.6 Å². The molecule has 0 atom stereocenters. The predicted octanol–water partition coefficient (Wildman–Crippen LogP) is 4.49. The molecule has 1 fully saturated rings. The first-order valence-corrected chi connectivity index (χ1v) is 12.9. The molecule has 1 aliphatic heterocycles. The lowest BCUT2D eigenvalue weighted by Gasteiger charge is -2.37. The summed E-state index contributed by atoms with van der Waals surface area (Å²) < 4.78 is 31.6. The van der Waals surface area contributed by atoms with Gasteiger partial charge in [-0.3, -0.25) is 4.90 Å². The van der Waals surface area contributed by atoms with E-state index in [4.69, 9.17) is 4.98 Å². The molecule has 6 rings (SSSR count). The number of likely N-dealkylation sites (N-methyl/N-ethyl adjacent to an activating group) is 1. The number of rotatable bonds is 7. The summed E-state index contributed by atoms with van der Waals surface area (Å²) in [5, 5.41) is 15.0. The van der Waals surface area contributed by atoms with Gasteiger partial charge in [-0.1, -0.05) is 6.07 Å². The number of anilines is 2. The molecule has 0 saturated heterocycles. The second kappa shape index (κ2) is 9.33. The number of hydrogen-bond donors (Lipinski definition) is 1. The van der Waals surface area contributed by atoms with Crippen LogP contribution in [0.2, 0.25) is 0 Å². The molecular weight excluding hydrogens is 490 g/mol.